The van der Waals surface area contributed by atoms with E-state index < -0.39 is 10.0 Å². The summed E-state index contributed by atoms with van der Waals surface area (Å²) in [5.74, 6) is 1.23. The molecular weight excluding hydrogens is 408 g/mol. The summed E-state index contributed by atoms with van der Waals surface area (Å²) in [7, 11) is -2.21. The molecule has 0 fully saturated rings. The van der Waals surface area contributed by atoms with Crippen LogP contribution < -0.4 is 14.8 Å². The van der Waals surface area contributed by atoms with Crippen molar-refractivity contribution < 1.29 is 17.9 Å². The maximum absolute atomic E-state index is 12.6. The van der Waals surface area contributed by atoms with Gasteiger partial charge in [-0.25, -0.2) is 8.42 Å². The molecule has 0 aromatic heterocycles. The highest BCUT2D eigenvalue weighted by atomic mass is 32.2. The lowest BCUT2D eigenvalue weighted by atomic mass is 10.1. The zero-order valence-corrected chi connectivity index (χ0v) is 19.0. The van der Waals surface area contributed by atoms with Crippen molar-refractivity contribution in [1.29, 1.82) is 0 Å². The van der Waals surface area contributed by atoms with Crippen molar-refractivity contribution >= 4 is 33.4 Å². The Morgan fingerprint density at radius 2 is 1.76 bits per heavy atom. The first-order chi connectivity index (χ1) is 13.5. The number of thioether (sulfide) groups is 1. The summed E-state index contributed by atoms with van der Waals surface area (Å²) in [6.07, 6.45) is 0. The number of anilines is 1. The van der Waals surface area contributed by atoms with E-state index in [1.165, 1.54) is 19.2 Å². The summed E-state index contributed by atoms with van der Waals surface area (Å²) in [5.41, 5.74) is 1.59. The standard InChI is InChI=1S/C21H28N2O4S2/c1-15-14-16(20(24)22-12-13-28-21(2,3)4)6-11-19(15)23-29(25,26)18-9-7-17(27-5)8-10-18/h6-11,14,23H,12-13H2,1-5H3,(H,22,24). The van der Waals surface area contributed by atoms with Crippen LogP contribution in [0.25, 0.3) is 0 Å². The van der Waals surface area contributed by atoms with Gasteiger partial charge in [0.15, 0.2) is 0 Å². The van der Waals surface area contributed by atoms with Gasteiger partial charge in [-0.2, -0.15) is 11.8 Å². The molecule has 0 saturated heterocycles. The lowest BCUT2D eigenvalue weighted by Crippen LogP contribution is -2.27. The summed E-state index contributed by atoms with van der Waals surface area (Å²) in [6, 6.07) is 11.0. The Labute approximate surface area is 177 Å². The van der Waals surface area contributed by atoms with Crippen molar-refractivity contribution in [1.82, 2.24) is 5.32 Å². The molecule has 29 heavy (non-hydrogen) atoms. The van der Waals surface area contributed by atoms with E-state index in [1.54, 1.807) is 49.0 Å². The van der Waals surface area contributed by atoms with Crippen molar-refractivity contribution in [2.24, 2.45) is 0 Å². The van der Waals surface area contributed by atoms with Gasteiger partial charge in [0.2, 0.25) is 0 Å². The quantitative estimate of drug-likeness (QED) is 0.610. The molecule has 0 unspecified atom stereocenters. The number of sulfonamides is 1. The number of nitrogens with one attached hydrogen (secondary N) is 2. The number of rotatable bonds is 8. The van der Waals surface area contributed by atoms with Crippen molar-refractivity contribution in [2.45, 2.75) is 37.3 Å². The minimum Gasteiger partial charge on any atom is -0.497 e. The van der Waals surface area contributed by atoms with Gasteiger partial charge in [-0.05, 0) is 55.0 Å². The highest BCUT2D eigenvalue weighted by Crippen LogP contribution is 2.23. The lowest BCUT2D eigenvalue weighted by Gasteiger charge is -2.17. The second-order valence-electron chi connectivity index (χ2n) is 7.53. The van der Waals surface area contributed by atoms with Crippen LogP contribution in [0.15, 0.2) is 47.4 Å². The van der Waals surface area contributed by atoms with Gasteiger partial charge in [0.25, 0.3) is 15.9 Å². The molecule has 2 aromatic carbocycles. The van der Waals surface area contributed by atoms with Gasteiger partial charge in [0.05, 0.1) is 17.7 Å². The van der Waals surface area contributed by atoms with Crippen molar-refractivity contribution in [3.05, 3.63) is 53.6 Å². The van der Waals surface area contributed by atoms with Gasteiger partial charge in [0.1, 0.15) is 5.75 Å². The molecule has 0 bridgehead atoms. The topological polar surface area (TPSA) is 84.5 Å². The first kappa shape index (κ1) is 23.1. The van der Waals surface area contributed by atoms with Crippen LogP contribution in [-0.2, 0) is 10.0 Å². The monoisotopic (exact) mass is 436 g/mol. The molecule has 0 spiro atoms. The Morgan fingerprint density at radius 3 is 2.31 bits per heavy atom. The summed E-state index contributed by atoms with van der Waals surface area (Å²) in [6.45, 7) is 8.74. The van der Waals surface area contributed by atoms with E-state index in [2.05, 4.69) is 30.8 Å². The largest absolute Gasteiger partial charge is 0.497 e. The minimum atomic E-state index is -3.73. The molecule has 0 aliphatic heterocycles. The minimum absolute atomic E-state index is 0.135. The Hall–Kier alpha value is -2.19. The SMILES string of the molecule is COc1ccc(S(=O)(=O)Nc2ccc(C(=O)NCCSC(C)(C)C)cc2C)cc1. The summed E-state index contributed by atoms with van der Waals surface area (Å²) >= 11 is 1.78. The maximum Gasteiger partial charge on any atom is 0.261 e. The van der Waals surface area contributed by atoms with E-state index in [4.69, 9.17) is 4.74 Å². The van der Waals surface area contributed by atoms with E-state index >= 15 is 0 Å². The molecule has 0 aliphatic rings. The number of carbonyl (C=O) groups excluding carboxylic acids is 1. The fourth-order valence-corrected chi connectivity index (χ4v) is 4.45. The predicted molar refractivity (Wildman–Crippen MR) is 120 cm³/mol. The molecular formula is C21H28N2O4S2. The number of hydrogen-bond donors (Lipinski definition) is 2. The van der Waals surface area contributed by atoms with E-state index in [0.717, 1.165) is 5.75 Å². The second-order valence-corrected chi connectivity index (χ2v) is 11.1. The van der Waals surface area contributed by atoms with Crippen LogP contribution in [0.2, 0.25) is 0 Å². The Morgan fingerprint density at radius 1 is 1.10 bits per heavy atom. The molecule has 0 aliphatic carbocycles. The summed E-state index contributed by atoms with van der Waals surface area (Å²) in [5, 5.41) is 2.89. The van der Waals surface area contributed by atoms with Crippen LogP contribution in [0, 0.1) is 6.92 Å². The second kappa shape index (κ2) is 9.54. The number of aryl methyl sites for hydroxylation is 1. The normalized spacial score (nSPS) is 11.8. The Bertz CT molecular complexity index is 950. The molecule has 2 aromatic rings. The first-order valence-electron chi connectivity index (χ1n) is 9.21. The van der Waals surface area contributed by atoms with Gasteiger partial charge in [-0.3, -0.25) is 9.52 Å². The molecule has 0 radical (unpaired) electrons. The predicted octanol–water partition coefficient (Wildman–Crippen LogP) is 4.07. The third-order valence-electron chi connectivity index (χ3n) is 4.03. The third-order valence-corrected chi connectivity index (χ3v) is 6.68. The van der Waals surface area contributed by atoms with Crippen LogP contribution in [0.3, 0.4) is 0 Å². The van der Waals surface area contributed by atoms with Gasteiger partial charge in [-0.1, -0.05) is 20.8 Å². The fourth-order valence-electron chi connectivity index (χ4n) is 2.50. The van der Waals surface area contributed by atoms with Gasteiger partial charge in [-0.15, -0.1) is 0 Å². The summed E-state index contributed by atoms with van der Waals surface area (Å²) in [4.78, 5) is 12.5. The summed E-state index contributed by atoms with van der Waals surface area (Å²) < 4.78 is 33.0. The third kappa shape index (κ3) is 6.97. The Kier molecular flexibility index (Phi) is 7.60. The molecule has 0 saturated carbocycles. The molecule has 2 rings (SSSR count). The zero-order valence-electron chi connectivity index (χ0n) is 17.4. The van der Waals surface area contributed by atoms with Crippen LogP contribution in [0.4, 0.5) is 5.69 Å². The number of amides is 1. The van der Waals surface area contributed by atoms with Crippen LogP contribution in [0.5, 0.6) is 5.75 Å². The van der Waals surface area contributed by atoms with Crippen molar-refractivity contribution in [2.75, 3.05) is 24.1 Å². The number of hydrogen-bond acceptors (Lipinski definition) is 5. The average Bonchev–Trinajstić information content (AvgIpc) is 2.66. The first-order valence-corrected chi connectivity index (χ1v) is 11.7. The molecule has 8 heteroatoms. The molecule has 158 valence electrons. The van der Waals surface area contributed by atoms with Crippen LogP contribution in [0.1, 0.15) is 36.7 Å². The van der Waals surface area contributed by atoms with Crippen LogP contribution in [-0.4, -0.2) is 38.5 Å². The van der Waals surface area contributed by atoms with Crippen molar-refractivity contribution in [3.63, 3.8) is 0 Å². The van der Waals surface area contributed by atoms with Gasteiger partial charge >= 0.3 is 0 Å². The van der Waals surface area contributed by atoms with Crippen LogP contribution >= 0.6 is 11.8 Å². The van der Waals surface area contributed by atoms with E-state index in [0.29, 0.717) is 29.1 Å². The highest BCUT2D eigenvalue weighted by Gasteiger charge is 2.16. The highest BCUT2D eigenvalue weighted by molar-refractivity contribution is 8.00. The zero-order chi connectivity index (χ0) is 21.7. The van der Waals surface area contributed by atoms with E-state index in [-0.39, 0.29) is 15.5 Å². The molecule has 6 nitrogen and oxygen atoms in total. The Balaban J connectivity index is 2.03. The smallest absolute Gasteiger partial charge is 0.261 e. The molecule has 2 N–H and O–H groups in total. The molecule has 1 amide bonds. The molecule has 0 heterocycles. The number of benzene rings is 2. The van der Waals surface area contributed by atoms with Gasteiger partial charge < -0.3 is 10.1 Å². The number of ether oxygens (including phenoxy) is 1. The molecule has 0 atom stereocenters. The maximum atomic E-state index is 12.6. The average molecular weight is 437 g/mol. The number of carbonyl (C=O) groups is 1. The van der Waals surface area contributed by atoms with Gasteiger partial charge in [0, 0.05) is 22.6 Å². The van der Waals surface area contributed by atoms with E-state index in [9.17, 15) is 13.2 Å². The van der Waals surface area contributed by atoms with E-state index in [1.807, 2.05) is 0 Å². The lowest BCUT2D eigenvalue weighted by molar-refractivity contribution is 0.0956. The number of methoxy groups -OCH3 is 1. The fraction of sp³-hybridized carbons (Fsp3) is 0.381. The van der Waals surface area contributed by atoms with Crippen molar-refractivity contribution in [3.8, 4) is 5.75 Å².